The number of benzene rings is 1. The lowest BCUT2D eigenvalue weighted by molar-refractivity contribution is -0.136. The Morgan fingerprint density at radius 3 is 2.71 bits per heavy atom. The van der Waals surface area contributed by atoms with Crippen LogP contribution < -0.4 is 10.6 Å². The number of nitrogens with zero attached hydrogens (tertiary/aromatic N) is 1. The molecule has 1 saturated heterocycles. The van der Waals surface area contributed by atoms with Gasteiger partial charge in [0, 0.05) is 24.4 Å². The highest BCUT2D eigenvalue weighted by atomic mass is 32.2. The summed E-state index contributed by atoms with van der Waals surface area (Å²) in [4.78, 5) is 37.4. The molecule has 3 amide bonds. The van der Waals surface area contributed by atoms with Crippen LogP contribution in [0.3, 0.4) is 0 Å². The molecule has 1 heterocycles. The van der Waals surface area contributed by atoms with Gasteiger partial charge in [-0.3, -0.25) is 14.4 Å². The molecule has 0 spiro atoms. The van der Waals surface area contributed by atoms with Crippen LogP contribution in [-0.4, -0.2) is 46.8 Å². The Morgan fingerprint density at radius 2 is 2.04 bits per heavy atom. The Morgan fingerprint density at radius 1 is 1.33 bits per heavy atom. The summed E-state index contributed by atoms with van der Waals surface area (Å²) in [5.41, 5.74) is 1.83. The van der Waals surface area contributed by atoms with Crippen molar-refractivity contribution in [2.24, 2.45) is 0 Å². The van der Waals surface area contributed by atoms with Crippen molar-refractivity contribution >= 4 is 35.2 Å². The minimum Gasteiger partial charge on any atom is -0.352 e. The first-order chi connectivity index (χ1) is 11.5. The second-order valence-electron chi connectivity index (χ2n) is 5.48. The number of hydrogen-bond donors (Lipinski definition) is 2. The molecule has 1 aliphatic heterocycles. The molecule has 1 unspecified atom stereocenters. The van der Waals surface area contributed by atoms with Gasteiger partial charge in [0.2, 0.25) is 17.7 Å². The Hall–Kier alpha value is -2.28. The maximum absolute atomic E-state index is 12.4. The molecular weight excluding hydrogens is 326 g/mol. The lowest BCUT2D eigenvalue weighted by atomic mass is 10.2. The van der Waals surface area contributed by atoms with Gasteiger partial charge in [-0.15, -0.1) is 11.8 Å². The summed E-state index contributed by atoms with van der Waals surface area (Å²) in [6.07, 6.45) is 1.32. The van der Waals surface area contributed by atoms with E-state index in [1.54, 1.807) is 16.7 Å². The molecule has 1 aromatic carbocycles. The van der Waals surface area contributed by atoms with Crippen LogP contribution in [0, 0.1) is 6.92 Å². The summed E-state index contributed by atoms with van der Waals surface area (Å²) in [5.74, 6) is 0.413. The van der Waals surface area contributed by atoms with Crippen LogP contribution in [0.5, 0.6) is 0 Å². The average Bonchev–Trinajstić information content (AvgIpc) is 3.06. The summed E-state index contributed by atoms with van der Waals surface area (Å²) in [7, 11) is 0. The fourth-order valence-corrected chi connectivity index (χ4v) is 3.46. The molecule has 1 fully saturated rings. The van der Waals surface area contributed by atoms with Crippen molar-refractivity contribution in [3.63, 3.8) is 0 Å². The van der Waals surface area contributed by atoms with Gasteiger partial charge in [0.25, 0.3) is 0 Å². The van der Waals surface area contributed by atoms with E-state index < -0.39 is 6.04 Å². The van der Waals surface area contributed by atoms with Gasteiger partial charge in [-0.2, -0.15) is 0 Å². The van der Waals surface area contributed by atoms with Gasteiger partial charge in [-0.25, -0.2) is 0 Å². The topological polar surface area (TPSA) is 78.5 Å². The lowest BCUT2D eigenvalue weighted by Crippen LogP contribution is -2.45. The highest BCUT2D eigenvalue weighted by Crippen LogP contribution is 2.23. The van der Waals surface area contributed by atoms with Crippen molar-refractivity contribution in [3.8, 4) is 0 Å². The van der Waals surface area contributed by atoms with E-state index in [9.17, 15) is 14.4 Å². The van der Waals surface area contributed by atoms with Crippen LogP contribution in [-0.2, 0) is 14.4 Å². The van der Waals surface area contributed by atoms with Crippen molar-refractivity contribution in [1.82, 2.24) is 10.2 Å². The Balaban J connectivity index is 1.90. The van der Waals surface area contributed by atoms with E-state index in [-0.39, 0.29) is 30.7 Å². The third kappa shape index (κ3) is 4.86. The van der Waals surface area contributed by atoms with Gasteiger partial charge in [-0.1, -0.05) is 24.3 Å². The summed E-state index contributed by atoms with van der Waals surface area (Å²) in [6.45, 7) is 5.56. The normalized spacial score (nSPS) is 16.5. The molecule has 7 heteroatoms. The molecule has 0 saturated carbocycles. The SMILES string of the molecule is C=CC(=O)NCCC(=O)N1CSCC1C(=O)Nc1ccc(C)cc1. The standard InChI is InChI=1S/C17H21N3O3S/c1-3-15(21)18-9-8-16(22)20-11-24-10-14(20)17(23)19-13-6-4-12(2)5-7-13/h3-7,14H,1,8-11H2,2H3,(H,18,21)(H,19,23). The highest BCUT2D eigenvalue weighted by Gasteiger charge is 2.34. The first kappa shape index (κ1) is 18.1. The van der Waals surface area contributed by atoms with Crippen LogP contribution >= 0.6 is 11.8 Å². The molecular formula is C17H21N3O3S. The Kier molecular flexibility index (Phi) is 6.43. The Bertz CT molecular complexity index is 630. The van der Waals surface area contributed by atoms with E-state index in [1.807, 2.05) is 31.2 Å². The first-order valence-electron chi connectivity index (χ1n) is 7.66. The lowest BCUT2D eigenvalue weighted by Gasteiger charge is -2.23. The van der Waals surface area contributed by atoms with Crippen molar-refractivity contribution in [2.45, 2.75) is 19.4 Å². The number of amides is 3. The van der Waals surface area contributed by atoms with Gasteiger partial charge < -0.3 is 15.5 Å². The summed E-state index contributed by atoms with van der Waals surface area (Å²) in [5, 5.41) is 5.41. The van der Waals surface area contributed by atoms with E-state index in [4.69, 9.17) is 0 Å². The molecule has 0 bridgehead atoms. The van der Waals surface area contributed by atoms with Crippen LogP contribution in [0.2, 0.25) is 0 Å². The number of thioether (sulfide) groups is 1. The fraction of sp³-hybridized carbons (Fsp3) is 0.353. The monoisotopic (exact) mass is 347 g/mol. The molecule has 0 aromatic heterocycles. The molecule has 2 N–H and O–H groups in total. The highest BCUT2D eigenvalue weighted by molar-refractivity contribution is 7.99. The molecule has 6 nitrogen and oxygen atoms in total. The number of carbonyl (C=O) groups excluding carboxylic acids is 3. The van der Waals surface area contributed by atoms with Crippen molar-refractivity contribution in [2.75, 3.05) is 23.5 Å². The number of carbonyl (C=O) groups is 3. The fourth-order valence-electron chi connectivity index (χ4n) is 2.28. The number of hydrogen-bond acceptors (Lipinski definition) is 4. The maximum Gasteiger partial charge on any atom is 0.248 e. The van der Waals surface area contributed by atoms with E-state index in [1.165, 1.54) is 0 Å². The summed E-state index contributed by atoms with van der Waals surface area (Å²) in [6, 6.07) is 7.03. The average molecular weight is 347 g/mol. The van der Waals surface area contributed by atoms with E-state index in [0.717, 1.165) is 11.6 Å². The van der Waals surface area contributed by atoms with E-state index in [0.29, 0.717) is 17.3 Å². The number of aryl methyl sites for hydroxylation is 1. The zero-order valence-corrected chi connectivity index (χ0v) is 14.4. The Labute approximate surface area is 145 Å². The van der Waals surface area contributed by atoms with Crippen molar-refractivity contribution in [3.05, 3.63) is 42.5 Å². The number of rotatable bonds is 6. The van der Waals surface area contributed by atoms with E-state index >= 15 is 0 Å². The molecule has 24 heavy (non-hydrogen) atoms. The van der Waals surface area contributed by atoms with Gasteiger partial charge in [0.15, 0.2) is 0 Å². The van der Waals surface area contributed by atoms with Crippen LogP contribution in [0.1, 0.15) is 12.0 Å². The molecule has 0 aliphatic carbocycles. The van der Waals surface area contributed by atoms with Crippen LogP contribution in [0.15, 0.2) is 36.9 Å². The van der Waals surface area contributed by atoms with Gasteiger partial charge >= 0.3 is 0 Å². The van der Waals surface area contributed by atoms with Gasteiger partial charge in [0.1, 0.15) is 6.04 Å². The predicted molar refractivity (Wildman–Crippen MR) is 95.6 cm³/mol. The molecule has 1 atom stereocenters. The maximum atomic E-state index is 12.4. The van der Waals surface area contributed by atoms with E-state index in [2.05, 4.69) is 17.2 Å². The minimum atomic E-state index is -0.487. The van der Waals surface area contributed by atoms with Crippen LogP contribution in [0.25, 0.3) is 0 Å². The molecule has 1 aliphatic rings. The third-order valence-corrected chi connectivity index (χ3v) is 4.66. The molecule has 1 aromatic rings. The zero-order chi connectivity index (χ0) is 17.5. The minimum absolute atomic E-state index is 0.145. The first-order valence-corrected chi connectivity index (χ1v) is 8.81. The molecule has 128 valence electrons. The summed E-state index contributed by atoms with van der Waals surface area (Å²) >= 11 is 1.54. The predicted octanol–water partition coefficient (Wildman–Crippen LogP) is 1.53. The number of nitrogens with one attached hydrogen (secondary N) is 2. The second kappa shape index (κ2) is 8.54. The zero-order valence-electron chi connectivity index (χ0n) is 13.6. The number of anilines is 1. The smallest absolute Gasteiger partial charge is 0.248 e. The van der Waals surface area contributed by atoms with Gasteiger partial charge in [0.05, 0.1) is 5.88 Å². The second-order valence-corrected chi connectivity index (χ2v) is 6.48. The van der Waals surface area contributed by atoms with Crippen molar-refractivity contribution in [1.29, 1.82) is 0 Å². The van der Waals surface area contributed by atoms with Crippen molar-refractivity contribution < 1.29 is 14.4 Å². The third-order valence-electron chi connectivity index (χ3n) is 3.65. The molecule has 0 radical (unpaired) electrons. The van der Waals surface area contributed by atoms with Gasteiger partial charge in [-0.05, 0) is 25.1 Å². The summed E-state index contributed by atoms with van der Waals surface area (Å²) < 4.78 is 0. The van der Waals surface area contributed by atoms with Crippen LogP contribution in [0.4, 0.5) is 5.69 Å². The largest absolute Gasteiger partial charge is 0.352 e. The molecule has 2 rings (SSSR count). The quantitative estimate of drug-likeness (QED) is 0.765.